The molecular weight excluding hydrogens is 234 g/mol. The Kier molecular flexibility index (Phi) is 3.02. The van der Waals surface area contributed by atoms with Crippen molar-refractivity contribution in [2.45, 2.75) is 0 Å². The molecule has 0 atom stereocenters. The largest absolute Gasteiger partial charge is 0.386 e. The minimum absolute atomic E-state index is 0.982. The molecule has 0 radical (unpaired) electrons. The maximum Gasteiger partial charge on any atom is 0.0936 e. The van der Waals surface area contributed by atoms with Crippen LogP contribution in [0.2, 0.25) is 0 Å². The van der Waals surface area contributed by atoms with Gasteiger partial charge in [-0.2, -0.15) is 0 Å². The van der Waals surface area contributed by atoms with Gasteiger partial charge in [-0.1, -0.05) is 30.3 Å². The van der Waals surface area contributed by atoms with Crippen molar-refractivity contribution >= 4 is 28.0 Å². The van der Waals surface area contributed by atoms with E-state index in [-0.39, 0.29) is 0 Å². The normalized spacial score (nSPS) is 10.4. The van der Waals surface area contributed by atoms with Crippen molar-refractivity contribution in [1.82, 2.24) is 4.98 Å². The summed E-state index contributed by atoms with van der Waals surface area (Å²) in [6.45, 7) is 0. The number of nitrogens with zero attached hydrogens (tertiary/aromatic N) is 1. The molecule has 1 heterocycles. The van der Waals surface area contributed by atoms with Crippen molar-refractivity contribution in [1.29, 1.82) is 0 Å². The van der Waals surface area contributed by atoms with E-state index in [9.17, 15) is 0 Å². The molecule has 0 unspecified atom stereocenters. The number of benzene rings is 2. The van der Waals surface area contributed by atoms with Gasteiger partial charge in [-0.25, -0.2) is 0 Å². The maximum atomic E-state index is 4.45. The molecule has 2 N–H and O–H groups in total. The topological polar surface area (TPSA) is 37.0 Å². The Morgan fingerprint density at radius 2 is 1.53 bits per heavy atom. The van der Waals surface area contributed by atoms with E-state index in [0.29, 0.717) is 0 Å². The zero-order valence-electron chi connectivity index (χ0n) is 10.7. The zero-order chi connectivity index (χ0) is 13.1. The molecule has 0 aliphatic carbocycles. The molecule has 3 aromatic rings. The molecule has 19 heavy (non-hydrogen) atoms. The standard InChI is InChI=1S/C16H15N3/c1-17-13-8-2-3-9-14(13)19-15-10-4-6-12-7-5-11-18-16(12)15/h2-11,17,19H,1H3. The van der Waals surface area contributed by atoms with E-state index < -0.39 is 0 Å². The molecule has 0 bridgehead atoms. The van der Waals surface area contributed by atoms with Gasteiger partial charge in [0.05, 0.1) is 22.6 Å². The lowest BCUT2D eigenvalue weighted by molar-refractivity contribution is 1.40. The first kappa shape index (κ1) is 11.5. The number of aromatic nitrogens is 1. The molecule has 0 saturated carbocycles. The first-order valence-electron chi connectivity index (χ1n) is 6.26. The number of para-hydroxylation sites is 3. The van der Waals surface area contributed by atoms with Gasteiger partial charge in [-0.3, -0.25) is 4.98 Å². The van der Waals surface area contributed by atoms with E-state index >= 15 is 0 Å². The molecule has 0 amide bonds. The van der Waals surface area contributed by atoms with Crippen LogP contribution in [-0.4, -0.2) is 12.0 Å². The van der Waals surface area contributed by atoms with Gasteiger partial charge in [-0.05, 0) is 24.3 Å². The second-order valence-electron chi connectivity index (χ2n) is 4.30. The second-order valence-corrected chi connectivity index (χ2v) is 4.30. The second kappa shape index (κ2) is 4.98. The summed E-state index contributed by atoms with van der Waals surface area (Å²) in [5.41, 5.74) is 4.11. The van der Waals surface area contributed by atoms with Crippen LogP contribution in [0.1, 0.15) is 0 Å². The number of anilines is 3. The molecular formula is C16H15N3. The number of fused-ring (bicyclic) bond motifs is 1. The lowest BCUT2D eigenvalue weighted by atomic mass is 10.2. The summed E-state index contributed by atoms with van der Waals surface area (Å²) < 4.78 is 0. The molecule has 2 aromatic carbocycles. The summed E-state index contributed by atoms with van der Waals surface area (Å²) in [6, 6.07) is 18.3. The fourth-order valence-corrected chi connectivity index (χ4v) is 2.16. The van der Waals surface area contributed by atoms with E-state index in [1.807, 2.05) is 55.7 Å². The van der Waals surface area contributed by atoms with E-state index in [0.717, 1.165) is 28.0 Å². The number of hydrogen-bond donors (Lipinski definition) is 2. The molecule has 94 valence electrons. The van der Waals surface area contributed by atoms with Gasteiger partial charge in [0, 0.05) is 18.6 Å². The lowest BCUT2D eigenvalue weighted by Crippen LogP contribution is -1.97. The van der Waals surface area contributed by atoms with Gasteiger partial charge in [0.15, 0.2) is 0 Å². The van der Waals surface area contributed by atoms with Gasteiger partial charge in [0.25, 0.3) is 0 Å². The molecule has 0 fully saturated rings. The van der Waals surface area contributed by atoms with Gasteiger partial charge in [0.1, 0.15) is 0 Å². The molecule has 3 nitrogen and oxygen atoms in total. The minimum atomic E-state index is 0.982. The lowest BCUT2D eigenvalue weighted by Gasteiger charge is -2.12. The van der Waals surface area contributed by atoms with Crippen molar-refractivity contribution in [3.05, 3.63) is 60.8 Å². The van der Waals surface area contributed by atoms with Crippen molar-refractivity contribution < 1.29 is 0 Å². The fraction of sp³-hybridized carbons (Fsp3) is 0.0625. The predicted molar refractivity (Wildman–Crippen MR) is 81.0 cm³/mol. The zero-order valence-corrected chi connectivity index (χ0v) is 10.7. The quantitative estimate of drug-likeness (QED) is 0.736. The van der Waals surface area contributed by atoms with Crippen LogP contribution in [0.15, 0.2) is 60.8 Å². The average Bonchev–Trinajstić information content (AvgIpc) is 2.48. The summed E-state index contributed by atoms with van der Waals surface area (Å²) in [4.78, 5) is 4.45. The molecule has 0 saturated heterocycles. The van der Waals surface area contributed by atoms with Gasteiger partial charge in [0.2, 0.25) is 0 Å². The summed E-state index contributed by atoms with van der Waals surface area (Å²) in [7, 11) is 1.92. The van der Waals surface area contributed by atoms with Crippen LogP contribution in [0.25, 0.3) is 10.9 Å². The van der Waals surface area contributed by atoms with E-state index in [2.05, 4.69) is 27.8 Å². The average molecular weight is 249 g/mol. The van der Waals surface area contributed by atoms with Gasteiger partial charge in [-0.15, -0.1) is 0 Å². The van der Waals surface area contributed by atoms with Crippen LogP contribution in [-0.2, 0) is 0 Å². The third-order valence-electron chi connectivity index (χ3n) is 3.10. The minimum Gasteiger partial charge on any atom is -0.386 e. The van der Waals surface area contributed by atoms with Crippen LogP contribution in [0, 0.1) is 0 Å². The molecule has 0 aliphatic rings. The SMILES string of the molecule is CNc1ccccc1Nc1cccc2cccnc12. The van der Waals surface area contributed by atoms with Gasteiger partial charge >= 0.3 is 0 Å². The van der Waals surface area contributed by atoms with Crippen LogP contribution in [0.4, 0.5) is 17.1 Å². The van der Waals surface area contributed by atoms with Crippen LogP contribution < -0.4 is 10.6 Å². The van der Waals surface area contributed by atoms with Crippen molar-refractivity contribution in [3.63, 3.8) is 0 Å². The van der Waals surface area contributed by atoms with E-state index in [4.69, 9.17) is 0 Å². The number of rotatable bonds is 3. The highest BCUT2D eigenvalue weighted by Crippen LogP contribution is 2.28. The monoisotopic (exact) mass is 249 g/mol. The first-order chi connectivity index (χ1) is 9.38. The third-order valence-corrected chi connectivity index (χ3v) is 3.10. The molecule has 3 heteroatoms. The van der Waals surface area contributed by atoms with Crippen LogP contribution in [0.3, 0.4) is 0 Å². The summed E-state index contributed by atoms with van der Waals surface area (Å²) in [5, 5.41) is 7.76. The predicted octanol–water partition coefficient (Wildman–Crippen LogP) is 4.02. The Bertz CT molecular complexity index is 702. The Balaban J connectivity index is 2.06. The van der Waals surface area contributed by atoms with E-state index in [1.165, 1.54) is 0 Å². The van der Waals surface area contributed by atoms with Crippen molar-refractivity contribution in [2.24, 2.45) is 0 Å². The Morgan fingerprint density at radius 3 is 2.37 bits per heavy atom. The highest BCUT2D eigenvalue weighted by molar-refractivity contribution is 5.93. The highest BCUT2D eigenvalue weighted by Gasteiger charge is 2.04. The van der Waals surface area contributed by atoms with Crippen molar-refractivity contribution in [2.75, 3.05) is 17.7 Å². The fourth-order valence-electron chi connectivity index (χ4n) is 2.16. The Labute approximate surface area is 112 Å². The number of nitrogens with one attached hydrogen (secondary N) is 2. The Hall–Kier alpha value is -2.55. The number of pyridine rings is 1. The maximum absolute atomic E-state index is 4.45. The molecule has 0 spiro atoms. The summed E-state index contributed by atoms with van der Waals surface area (Å²) in [6.07, 6.45) is 1.82. The van der Waals surface area contributed by atoms with E-state index in [1.54, 1.807) is 0 Å². The van der Waals surface area contributed by atoms with Crippen LogP contribution in [0.5, 0.6) is 0 Å². The highest BCUT2D eigenvalue weighted by atomic mass is 14.9. The molecule has 3 rings (SSSR count). The smallest absolute Gasteiger partial charge is 0.0936 e. The van der Waals surface area contributed by atoms with Crippen molar-refractivity contribution in [3.8, 4) is 0 Å². The first-order valence-corrected chi connectivity index (χ1v) is 6.26. The third kappa shape index (κ3) is 2.22. The Morgan fingerprint density at radius 1 is 0.789 bits per heavy atom. The summed E-state index contributed by atoms with van der Waals surface area (Å²) >= 11 is 0. The molecule has 1 aromatic heterocycles. The molecule has 0 aliphatic heterocycles. The van der Waals surface area contributed by atoms with Crippen LogP contribution >= 0.6 is 0 Å². The van der Waals surface area contributed by atoms with Gasteiger partial charge < -0.3 is 10.6 Å². The number of hydrogen-bond acceptors (Lipinski definition) is 3. The summed E-state index contributed by atoms with van der Waals surface area (Å²) in [5.74, 6) is 0.